The van der Waals surface area contributed by atoms with Crippen LogP contribution in [-0.4, -0.2) is 46.5 Å². The number of benzene rings is 2. The fraction of sp³-hybridized carbons (Fsp3) is 0.261. The van der Waals surface area contributed by atoms with Gasteiger partial charge in [-0.05, 0) is 38.1 Å². The molecule has 2 heterocycles. The van der Waals surface area contributed by atoms with Crippen LogP contribution < -0.4 is 4.90 Å². The third kappa shape index (κ3) is 3.74. The third-order valence-electron chi connectivity index (χ3n) is 5.28. The van der Waals surface area contributed by atoms with Crippen LogP contribution in [0.3, 0.4) is 0 Å². The zero-order valence-corrected chi connectivity index (χ0v) is 16.2. The first kappa shape index (κ1) is 18.2. The minimum Gasteiger partial charge on any atom is -0.368 e. The van der Waals surface area contributed by atoms with E-state index in [9.17, 15) is 4.79 Å². The molecule has 28 heavy (non-hydrogen) atoms. The van der Waals surface area contributed by atoms with Crippen LogP contribution in [0.1, 0.15) is 22.8 Å². The molecule has 5 nitrogen and oxygen atoms in total. The molecule has 3 aromatic rings. The van der Waals surface area contributed by atoms with Crippen molar-refractivity contribution in [2.45, 2.75) is 19.9 Å². The molecule has 142 valence electrons. The van der Waals surface area contributed by atoms with Crippen molar-refractivity contribution in [1.29, 1.82) is 0 Å². The van der Waals surface area contributed by atoms with Crippen LogP contribution in [0, 0.1) is 6.92 Å². The Morgan fingerprint density at radius 3 is 2.39 bits per heavy atom. The number of hydrogen-bond donors (Lipinski definition) is 0. The molecule has 0 N–H and O–H groups in total. The van der Waals surface area contributed by atoms with E-state index in [1.807, 2.05) is 29.2 Å². The first-order chi connectivity index (χ1) is 13.6. The molecule has 1 fully saturated rings. The molecule has 5 heteroatoms. The van der Waals surface area contributed by atoms with Gasteiger partial charge in [-0.2, -0.15) is 0 Å². The molecular formula is C23H24N4O. The van der Waals surface area contributed by atoms with E-state index in [0.29, 0.717) is 5.56 Å². The van der Waals surface area contributed by atoms with Crippen LogP contribution >= 0.6 is 0 Å². The molecule has 0 spiro atoms. The van der Waals surface area contributed by atoms with Gasteiger partial charge in [0, 0.05) is 54.9 Å². The monoisotopic (exact) mass is 372 g/mol. The van der Waals surface area contributed by atoms with E-state index in [0.717, 1.165) is 30.9 Å². The van der Waals surface area contributed by atoms with Gasteiger partial charge in [0.2, 0.25) is 0 Å². The first-order valence-corrected chi connectivity index (χ1v) is 9.61. The highest BCUT2D eigenvalue weighted by Gasteiger charge is 2.28. The van der Waals surface area contributed by atoms with Gasteiger partial charge in [-0.25, -0.2) is 0 Å². The summed E-state index contributed by atoms with van der Waals surface area (Å²) in [6, 6.07) is 16.4. The topological polar surface area (TPSA) is 49.3 Å². The molecule has 1 atom stereocenters. The van der Waals surface area contributed by atoms with Crippen LogP contribution in [0.5, 0.6) is 0 Å². The Kier molecular flexibility index (Phi) is 5.06. The lowest BCUT2D eigenvalue weighted by Crippen LogP contribution is -2.54. The van der Waals surface area contributed by atoms with Crippen LogP contribution in [0.2, 0.25) is 0 Å². The number of rotatable bonds is 3. The van der Waals surface area contributed by atoms with E-state index < -0.39 is 0 Å². The Bertz CT molecular complexity index is 939. The van der Waals surface area contributed by atoms with E-state index in [-0.39, 0.29) is 11.9 Å². The summed E-state index contributed by atoms with van der Waals surface area (Å²) in [5.74, 6) is 0.0850. The summed E-state index contributed by atoms with van der Waals surface area (Å²) < 4.78 is 0. The quantitative estimate of drug-likeness (QED) is 0.702. The number of hydrogen-bond acceptors (Lipinski definition) is 4. The van der Waals surface area contributed by atoms with Gasteiger partial charge in [-0.1, -0.05) is 29.8 Å². The van der Waals surface area contributed by atoms with Gasteiger partial charge < -0.3 is 9.80 Å². The number of carbonyl (C=O) groups is 1. The van der Waals surface area contributed by atoms with Gasteiger partial charge in [-0.15, -0.1) is 0 Å². The third-order valence-corrected chi connectivity index (χ3v) is 5.28. The first-order valence-electron chi connectivity index (χ1n) is 9.61. The molecule has 0 radical (unpaired) electrons. The largest absolute Gasteiger partial charge is 0.368 e. The van der Waals surface area contributed by atoms with Gasteiger partial charge in [0.25, 0.3) is 5.91 Å². The number of aromatic nitrogens is 2. The number of nitrogens with zero attached hydrogens (tertiary/aromatic N) is 4. The number of piperazine rings is 1. The van der Waals surface area contributed by atoms with Gasteiger partial charge in [0.1, 0.15) is 0 Å². The van der Waals surface area contributed by atoms with Crippen molar-refractivity contribution >= 4 is 11.6 Å². The van der Waals surface area contributed by atoms with Crippen LogP contribution in [-0.2, 0) is 0 Å². The molecule has 2 aromatic carbocycles. The molecular weight excluding hydrogens is 348 g/mol. The Labute approximate surface area is 165 Å². The molecule has 0 saturated carbocycles. The fourth-order valence-electron chi connectivity index (χ4n) is 3.65. The van der Waals surface area contributed by atoms with E-state index in [1.165, 1.54) is 11.3 Å². The molecule has 0 unspecified atom stereocenters. The highest BCUT2D eigenvalue weighted by Crippen LogP contribution is 2.22. The fourth-order valence-corrected chi connectivity index (χ4v) is 3.65. The maximum atomic E-state index is 13.0. The summed E-state index contributed by atoms with van der Waals surface area (Å²) >= 11 is 0. The number of amides is 1. The van der Waals surface area contributed by atoms with Gasteiger partial charge in [0.15, 0.2) is 0 Å². The zero-order chi connectivity index (χ0) is 19.5. The summed E-state index contributed by atoms with van der Waals surface area (Å²) in [6.45, 7) is 6.62. The maximum Gasteiger partial charge on any atom is 0.254 e. The molecule has 1 saturated heterocycles. The van der Waals surface area contributed by atoms with Crippen molar-refractivity contribution in [3.8, 4) is 11.3 Å². The van der Waals surface area contributed by atoms with Crippen molar-refractivity contribution in [3.63, 3.8) is 0 Å². The van der Waals surface area contributed by atoms with Gasteiger partial charge >= 0.3 is 0 Å². The molecule has 1 aromatic heterocycles. The van der Waals surface area contributed by atoms with Crippen LogP contribution in [0.15, 0.2) is 67.1 Å². The Balaban J connectivity index is 1.44. The minimum absolute atomic E-state index is 0.0850. The van der Waals surface area contributed by atoms with Crippen molar-refractivity contribution in [1.82, 2.24) is 14.9 Å². The highest BCUT2D eigenvalue weighted by atomic mass is 16.2. The molecule has 0 aliphatic carbocycles. The average molecular weight is 372 g/mol. The standard InChI is InChI=1S/C23H24N4O/c1-17-3-9-21(10-4-17)26-13-14-27(18(2)16-26)23(28)20-7-5-19(6-8-20)22-15-24-11-12-25-22/h3-12,15,18H,13-14,16H2,1-2H3/t18-/m0/s1. The molecule has 1 aliphatic heterocycles. The van der Waals surface area contributed by atoms with E-state index in [2.05, 4.69) is 53.0 Å². The van der Waals surface area contributed by atoms with E-state index in [4.69, 9.17) is 0 Å². The lowest BCUT2D eigenvalue weighted by Gasteiger charge is -2.41. The maximum absolute atomic E-state index is 13.0. The summed E-state index contributed by atoms with van der Waals surface area (Å²) in [7, 11) is 0. The number of aryl methyl sites for hydroxylation is 1. The average Bonchev–Trinajstić information content (AvgIpc) is 2.74. The number of anilines is 1. The van der Waals surface area contributed by atoms with E-state index in [1.54, 1.807) is 18.6 Å². The highest BCUT2D eigenvalue weighted by molar-refractivity contribution is 5.95. The Morgan fingerprint density at radius 2 is 1.75 bits per heavy atom. The minimum atomic E-state index is 0.0850. The SMILES string of the molecule is Cc1ccc(N2CCN(C(=O)c3ccc(-c4cnccn4)cc3)[C@@H](C)C2)cc1. The molecule has 1 amide bonds. The van der Waals surface area contributed by atoms with Crippen molar-refractivity contribution in [2.24, 2.45) is 0 Å². The Morgan fingerprint density at radius 1 is 1.00 bits per heavy atom. The van der Waals surface area contributed by atoms with Crippen molar-refractivity contribution in [3.05, 3.63) is 78.2 Å². The Hall–Kier alpha value is -3.21. The van der Waals surface area contributed by atoms with Crippen molar-refractivity contribution < 1.29 is 4.79 Å². The second kappa shape index (κ2) is 7.80. The predicted molar refractivity (Wildman–Crippen MR) is 111 cm³/mol. The van der Waals surface area contributed by atoms with E-state index >= 15 is 0 Å². The van der Waals surface area contributed by atoms with Gasteiger partial charge in [-0.3, -0.25) is 14.8 Å². The van der Waals surface area contributed by atoms with Crippen molar-refractivity contribution in [2.75, 3.05) is 24.5 Å². The lowest BCUT2D eigenvalue weighted by atomic mass is 10.1. The predicted octanol–water partition coefficient (Wildman–Crippen LogP) is 3.80. The molecule has 1 aliphatic rings. The second-order valence-corrected chi connectivity index (χ2v) is 7.30. The lowest BCUT2D eigenvalue weighted by molar-refractivity contribution is 0.0674. The van der Waals surface area contributed by atoms with Crippen LogP contribution in [0.25, 0.3) is 11.3 Å². The smallest absolute Gasteiger partial charge is 0.254 e. The summed E-state index contributed by atoms with van der Waals surface area (Å²) in [5.41, 5.74) is 4.96. The molecule has 0 bridgehead atoms. The zero-order valence-electron chi connectivity index (χ0n) is 16.2. The second-order valence-electron chi connectivity index (χ2n) is 7.30. The summed E-state index contributed by atoms with van der Waals surface area (Å²) in [6.07, 6.45) is 5.05. The number of carbonyl (C=O) groups excluding carboxylic acids is 1. The van der Waals surface area contributed by atoms with Crippen LogP contribution in [0.4, 0.5) is 5.69 Å². The normalized spacial score (nSPS) is 16.9. The summed E-state index contributed by atoms with van der Waals surface area (Å²) in [5, 5.41) is 0. The molecule has 4 rings (SSSR count). The van der Waals surface area contributed by atoms with Gasteiger partial charge in [0.05, 0.1) is 11.9 Å². The summed E-state index contributed by atoms with van der Waals surface area (Å²) in [4.78, 5) is 25.8.